The molecular formula is C12H16N4O2. The second kappa shape index (κ2) is 4.22. The SMILES string of the molecule is Nc1ccc(NC(=O)[C@]23CNC[C@H]2COC3)cn1. The van der Waals surface area contributed by atoms with Crippen LogP contribution >= 0.6 is 0 Å². The second-order valence-electron chi connectivity index (χ2n) is 4.92. The second-order valence-corrected chi connectivity index (χ2v) is 4.92. The van der Waals surface area contributed by atoms with Gasteiger partial charge in [0, 0.05) is 19.0 Å². The van der Waals surface area contributed by atoms with Gasteiger partial charge in [-0.05, 0) is 12.1 Å². The molecule has 2 saturated heterocycles. The van der Waals surface area contributed by atoms with E-state index in [0.717, 1.165) is 6.54 Å². The van der Waals surface area contributed by atoms with E-state index in [9.17, 15) is 4.79 Å². The summed E-state index contributed by atoms with van der Waals surface area (Å²) in [6.07, 6.45) is 1.57. The number of rotatable bonds is 2. The highest BCUT2D eigenvalue weighted by Gasteiger charge is 2.53. The molecule has 0 aliphatic carbocycles. The van der Waals surface area contributed by atoms with Gasteiger partial charge in [-0.3, -0.25) is 4.79 Å². The van der Waals surface area contributed by atoms with Gasteiger partial charge in [0.1, 0.15) is 5.82 Å². The van der Waals surface area contributed by atoms with E-state index in [4.69, 9.17) is 10.5 Å². The number of hydrogen-bond donors (Lipinski definition) is 3. The van der Waals surface area contributed by atoms with Crippen molar-refractivity contribution in [3.63, 3.8) is 0 Å². The number of hydrogen-bond acceptors (Lipinski definition) is 5. The molecule has 0 unspecified atom stereocenters. The molecule has 6 nitrogen and oxygen atoms in total. The van der Waals surface area contributed by atoms with Crippen molar-refractivity contribution < 1.29 is 9.53 Å². The third kappa shape index (κ3) is 1.74. The van der Waals surface area contributed by atoms with Gasteiger partial charge < -0.3 is 21.1 Å². The molecule has 3 rings (SSSR count). The first-order valence-corrected chi connectivity index (χ1v) is 6.02. The fourth-order valence-electron chi connectivity index (χ4n) is 2.65. The van der Waals surface area contributed by atoms with Crippen LogP contribution in [0.3, 0.4) is 0 Å². The Morgan fingerprint density at radius 1 is 1.61 bits per heavy atom. The molecule has 6 heteroatoms. The lowest BCUT2D eigenvalue weighted by Gasteiger charge is -2.24. The largest absolute Gasteiger partial charge is 0.384 e. The summed E-state index contributed by atoms with van der Waals surface area (Å²) in [4.78, 5) is 16.4. The molecule has 1 aromatic heterocycles. The van der Waals surface area contributed by atoms with Crippen LogP contribution < -0.4 is 16.4 Å². The molecule has 2 atom stereocenters. The number of pyridine rings is 1. The molecule has 18 heavy (non-hydrogen) atoms. The Morgan fingerprint density at radius 3 is 3.28 bits per heavy atom. The molecule has 0 spiro atoms. The molecule has 4 N–H and O–H groups in total. The lowest BCUT2D eigenvalue weighted by atomic mass is 9.80. The van der Waals surface area contributed by atoms with Gasteiger partial charge in [-0.2, -0.15) is 0 Å². The molecule has 0 aromatic carbocycles. The Morgan fingerprint density at radius 2 is 2.50 bits per heavy atom. The maximum Gasteiger partial charge on any atom is 0.234 e. The maximum absolute atomic E-state index is 12.4. The van der Waals surface area contributed by atoms with Crippen LogP contribution in [-0.4, -0.2) is 37.2 Å². The van der Waals surface area contributed by atoms with Gasteiger partial charge in [-0.15, -0.1) is 0 Å². The van der Waals surface area contributed by atoms with Gasteiger partial charge in [-0.25, -0.2) is 4.98 Å². The molecule has 2 aliphatic rings. The molecule has 0 saturated carbocycles. The lowest BCUT2D eigenvalue weighted by molar-refractivity contribution is -0.125. The summed E-state index contributed by atoms with van der Waals surface area (Å²) in [5, 5.41) is 6.16. The molecule has 2 fully saturated rings. The van der Waals surface area contributed by atoms with Gasteiger partial charge in [-0.1, -0.05) is 0 Å². The Bertz CT molecular complexity index is 450. The van der Waals surface area contributed by atoms with E-state index >= 15 is 0 Å². The van der Waals surface area contributed by atoms with E-state index in [1.807, 2.05) is 0 Å². The number of amides is 1. The van der Waals surface area contributed by atoms with Gasteiger partial charge in [0.2, 0.25) is 5.91 Å². The van der Waals surface area contributed by atoms with E-state index in [-0.39, 0.29) is 11.8 Å². The van der Waals surface area contributed by atoms with Gasteiger partial charge in [0.15, 0.2) is 0 Å². The van der Waals surface area contributed by atoms with Gasteiger partial charge >= 0.3 is 0 Å². The average Bonchev–Trinajstić information content (AvgIpc) is 2.91. The van der Waals surface area contributed by atoms with E-state index in [0.29, 0.717) is 31.3 Å². The van der Waals surface area contributed by atoms with E-state index in [1.54, 1.807) is 18.3 Å². The summed E-state index contributed by atoms with van der Waals surface area (Å²) in [6, 6.07) is 3.42. The first kappa shape index (κ1) is 11.4. The highest BCUT2D eigenvalue weighted by atomic mass is 16.5. The Balaban J connectivity index is 1.77. The Kier molecular flexibility index (Phi) is 2.68. The quantitative estimate of drug-likeness (QED) is 0.676. The number of aromatic nitrogens is 1. The van der Waals surface area contributed by atoms with Crippen LogP contribution in [0.4, 0.5) is 11.5 Å². The lowest BCUT2D eigenvalue weighted by Crippen LogP contribution is -2.42. The van der Waals surface area contributed by atoms with Crippen LogP contribution in [0.2, 0.25) is 0 Å². The summed E-state index contributed by atoms with van der Waals surface area (Å²) in [6.45, 7) is 2.65. The van der Waals surface area contributed by atoms with Crippen molar-refractivity contribution in [3.05, 3.63) is 18.3 Å². The van der Waals surface area contributed by atoms with Crippen molar-refractivity contribution in [2.75, 3.05) is 37.4 Å². The highest BCUT2D eigenvalue weighted by Crippen LogP contribution is 2.38. The van der Waals surface area contributed by atoms with E-state index in [2.05, 4.69) is 15.6 Å². The fourth-order valence-corrected chi connectivity index (χ4v) is 2.65. The molecule has 1 amide bonds. The summed E-state index contributed by atoms with van der Waals surface area (Å²) < 4.78 is 5.46. The molecule has 0 radical (unpaired) electrons. The van der Waals surface area contributed by atoms with Gasteiger partial charge in [0.25, 0.3) is 0 Å². The van der Waals surface area contributed by atoms with Crippen LogP contribution in [0, 0.1) is 11.3 Å². The average molecular weight is 248 g/mol. The van der Waals surface area contributed by atoms with Crippen LogP contribution in [0.1, 0.15) is 0 Å². The highest BCUT2D eigenvalue weighted by molar-refractivity contribution is 5.96. The topological polar surface area (TPSA) is 89.3 Å². The minimum absolute atomic E-state index is 0.00146. The third-order valence-electron chi connectivity index (χ3n) is 3.79. The standard InChI is InChI=1S/C12H16N4O2/c13-10-2-1-9(4-15-10)16-11(17)12-6-14-3-8(12)5-18-7-12/h1-2,4,8,14H,3,5-7H2,(H2,13,15)(H,16,17)/t8-,12-/m0/s1. The molecule has 1 aromatic rings. The fraction of sp³-hybridized carbons (Fsp3) is 0.500. The summed E-state index contributed by atoms with van der Waals surface area (Å²) in [7, 11) is 0. The van der Waals surface area contributed by atoms with Crippen molar-refractivity contribution >= 4 is 17.4 Å². The first-order valence-electron chi connectivity index (χ1n) is 6.02. The number of carbonyl (C=O) groups excluding carboxylic acids is 1. The molecule has 96 valence electrons. The zero-order valence-electron chi connectivity index (χ0n) is 9.98. The molecule has 3 heterocycles. The smallest absolute Gasteiger partial charge is 0.234 e. The van der Waals surface area contributed by atoms with E-state index in [1.165, 1.54) is 0 Å². The molecular weight excluding hydrogens is 232 g/mol. The number of nitrogens with zero attached hydrogens (tertiary/aromatic N) is 1. The zero-order chi connectivity index (χ0) is 12.6. The van der Waals surface area contributed by atoms with Crippen molar-refractivity contribution in [3.8, 4) is 0 Å². The third-order valence-corrected chi connectivity index (χ3v) is 3.79. The van der Waals surface area contributed by atoms with Crippen LogP contribution in [-0.2, 0) is 9.53 Å². The van der Waals surface area contributed by atoms with Gasteiger partial charge in [0.05, 0.1) is 30.5 Å². The predicted octanol–water partition coefficient (Wildman–Crippen LogP) is -0.162. The monoisotopic (exact) mass is 248 g/mol. The number of ether oxygens (including phenoxy) is 1. The van der Waals surface area contributed by atoms with Crippen LogP contribution in [0.25, 0.3) is 0 Å². The number of anilines is 2. The number of fused-ring (bicyclic) bond motifs is 1. The zero-order valence-corrected chi connectivity index (χ0v) is 9.98. The number of nitrogens with one attached hydrogen (secondary N) is 2. The molecule has 0 bridgehead atoms. The van der Waals surface area contributed by atoms with E-state index < -0.39 is 5.41 Å². The van der Waals surface area contributed by atoms with Crippen molar-refractivity contribution in [1.82, 2.24) is 10.3 Å². The maximum atomic E-state index is 12.4. The summed E-state index contributed by atoms with van der Waals surface area (Å²) in [5.74, 6) is 0.705. The summed E-state index contributed by atoms with van der Waals surface area (Å²) in [5.41, 5.74) is 5.75. The van der Waals surface area contributed by atoms with Crippen molar-refractivity contribution in [2.24, 2.45) is 11.3 Å². The van der Waals surface area contributed by atoms with Crippen molar-refractivity contribution in [1.29, 1.82) is 0 Å². The summed E-state index contributed by atoms with van der Waals surface area (Å²) >= 11 is 0. The van der Waals surface area contributed by atoms with Crippen LogP contribution in [0.5, 0.6) is 0 Å². The van der Waals surface area contributed by atoms with Crippen molar-refractivity contribution in [2.45, 2.75) is 0 Å². The number of nitrogens with two attached hydrogens (primary N) is 1. The normalized spacial score (nSPS) is 30.1. The molecule has 2 aliphatic heterocycles. The first-order chi connectivity index (χ1) is 8.71. The Hall–Kier alpha value is -1.66. The Labute approximate surface area is 105 Å². The predicted molar refractivity (Wildman–Crippen MR) is 66.9 cm³/mol. The minimum Gasteiger partial charge on any atom is -0.384 e. The number of nitrogen functional groups attached to an aromatic ring is 1. The minimum atomic E-state index is -0.429. The van der Waals surface area contributed by atoms with Crippen LogP contribution in [0.15, 0.2) is 18.3 Å². The number of carbonyl (C=O) groups is 1.